The van der Waals surface area contributed by atoms with Crippen LogP contribution in [0.4, 0.5) is 0 Å². The minimum absolute atomic E-state index is 0.242. The molecule has 0 bridgehead atoms. The number of carbonyl (C=O) groups is 1. The van der Waals surface area contributed by atoms with Crippen molar-refractivity contribution in [2.75, 3.05) is 20.3 Å². The van der Waals surface area contributed by atoms with Gasteiger partial charge in [0.05, 0.1) is 31.9 Å². The van der Waals surface area contributed by atoms with E-state index in [0.29, 0.717) is 18.1 Å². The van der Waals surface area contributed by atoms with Gasteiger partial charge < -0.3 is 24.6 Å². The van der Waals surface area contributed by atoms with E-state index in [-0.39, 0.29) is 30.8 Å². The number of amides is 1. The molecule has 7 nitrogen and oxygen atoms in total. The van der Waals surface area contributed by atoms with Gasteiger partial charge in [0.15, 0.2) is 0 Å². The van der Waals surface area contributed by atoms with Crippen molar-refractivity contribution in [3.63, 3.8) is 0 Å². The summed E-state index contributed by atoms with van der Waals surface area (Å²) in [6.45, 7) is 0.577. The van der Waals surface area contributed by atoms with Crippen LogP contribution in [0.1, 0.15) is 10.4 Å². The number of hydrogen-bond acceptors (Lipinski definition) is 6. The van der Waals surface area contributed by atoms with Crippen molar-refractivity contribution in [1.82, 2.24) is 10.3 Å². The van der Waals surface area contributed by atoms with Crippen LogP contribution in [0.5, 0.6) is 5.88 Å². The molecule has 0 saturated carbocycles. The number of nitrogens with zero attached hydrogens (tertiary/aromatic N) is 1. The molecular formula is C13H16N2O5. The third kappa shape index (κ3) is 2.35. The molecule has 1 amide bonds. The molecule has 0 spiro atoms. The third-order valence-corrected chi connectivity index (χ3v) is 3.55. The van der Waals surface area contributed by atoms with Crippen LogP contribution in [0.2, 0.25) is 0 Å². The third-order valence-electron chi connectivity index (χ3n) is 3.55. The lowest BCUT2D eigenvalue weighted by Crippen LogP contribution is -2.44. The van der Waals surface area contributed by atoms with Crippen molar-refractivity contribution in [2.24, 2.45) is 0 Å². The smallest absolute Gasteiger partial charge is 0.253 e. The predicted molar refractivity (Wildman–Crippen MR) is 67.5 cm³/mol. The molecule has 2 saturated heterocycles. The highest BCUT2D eigenvalue weighted by atomic mass is 16.6. The summed E-state index contributed by atoms with van der Waals surface area (Å²) in [5.41, 5.74) is 0.438. The van der Waals surface area contributed by atoms with E-state index < -0.39 is 6.10 Å². The summed E-state index contributed by atoms with van der Waals surface area (Å²) in [6, 6.07) is 3.00. The highest BCUT2D eigenvalue weighted by Crippen LogP contribution is 2.27. The van der Waals surface area contributed by atoms with Crippen molar-refractivity contribution in [3.8, 4) is 5.88 Å². The van der Waals surface area contributed by atoms with Gasteiger partial charge in [-0.2, -0.15) is 0 Å². The SMILES string of the molecule is COc1ccc(C(=O)N[C@@H]2CO[C@H]3[C@@H]2OC[C@H]3O)cn1. The first-order chi connectivity index (χ1) is 9.69. The Hall–Kier alpha value is -1.70. The first kappa shape index (κ1) is 13.3. The van der Waals surface area contributed by atoms with Crippen LogP contribution in [-0.2, 0) is 9.47 Å². The normalized spacial score (nSPS) is 31.9. The summed E-state index contributed by atoms with van der Waals surface area (Å²) in [5.74, 6) is 0.201. The topological polar surface area (TPSA) is 89.9 Å². The number of pyridine rings is 1. The maximum atomic E-state index is 12.1. The van der Waals surface area contributed by atoms with Crippen molar-refractivity contribution in [1.29, 1.82) is 0 Å². The number of aromatic nitrogens is 1. The average molecular weight is 280 g/mol. The van der Waals surface area contributed by atoms with Gasteiger partial charge in [0.2, 0.25) is 5.88 Å². The lowest BCUT2D eigenvalue weighted by atomic mass is 10.1. The van der Waals surface area contributed by atoms with E-state index in [1.807, 2.05) is 0 Å². The number of nitrogens with one attached hydrogen (secondary N) is 1. The Kier molecular flexibility index (Phi) is 3.56. The molecule has 0 radical (unpaired) electrons. The monoisotopic (exact) mass is 280 g/mol. The fourth-order valence-electron chi connectivity index (χ4n) is 2.49. The average Bonchev–Trinajstić information content (AvgIpc) is 3.03. The standard InChI is InChI=1S/C13H16N2O5/c1-18-10-3-2-7(4-14-10)13(17)15-8-5-19-12-9(16)6-20-11(8)12/h2-4,8-9,11-12,16H,5-6H2,1H3,(H,15,17)/t8-,9-,11-,12-/m1/s1. The number of fused-ring (bicyclic) bond motifs is 1. The Bertz CT molecular complexity index is 492. The molecule has 0 aliphatic carbocycles. The lowest BCUT2D eigenvalue weighted by Gasteiger charge is -2.17. The Labute approximate surface area is 115 Å². The van der Waals surface area contributed by atoms with E-state index >= 15 is 0 Å². The second-order valence-electron chi connectivity index (χ2n) is 4.83. The second kappa shape index (κ2) is 5.35. The quantitative estimate of drug-likeness (QED) is 0.764. The molecule has 7 heteroatoms. The van der Waals surface area contributed by atoms with Crippen LogP contribution in [0.25, 0.3) is 0 Å². The van der Waals surface area contributed by atoms with Gasteiger partial charge in [0.25, 0.3) is 5.91 Å². The molecule has 0 aromatic carbocycles. The minimum atomic E-state index is -0.621. The molecule has 2 aliphatic rings. The molecule has 0 unspecified atom stereocenters. The molecule has 20 heavy (non-hydrogen) atoms. The zero-order valence-electron chi connectivity index (χ0n) is 11.0. The molecule has 1 aromatic rings. The fraction of sp³-hybridized carbons (Fsp3) is 0.538. The van der Waals surface area contributed by atoms with Gasteiger partial charge >= 0.3 is 0 Å². The van der Waals surface area contributed by atoms with E-state index in [2.05, 4.69) is 10.3 Å². The summed E-state index contributed by atoms with van der Waals surface area (Å²) < 4.78 is 15.8. The summed E-state index contributed by atoms with van der Waals surface area (Å²) in [6.07, 6.45) is 0.185. The maximum absolute atomic E-state index is 12.1. The molecule has 2 fully saturated rings. The van der Waals surface area contributed by atoms with Gasteiger partial charge in [-0.1, -0.05) is 0 Å². The molecule has 3 heterocycles. The van der Waals surface area contributed by atoms with Gasteiger partial charge in [-0.3, -0.25) is 4.79 Å². The summed E-state index contributed by atoms with van der Waals surface area (Å²) in [5, 5.41) is 12.5. The summed E-state index contributed by atoms with van der Waals surface area (Å²) >= 11 is 0. The fourth-order valence-corrected chi connectivity index (χ4v) is 2.49. The lowest BCUT2D eigenvalue weighted by molar-refractivity contribution is 0.0178. The van der Waals surface area contributed by atoms with Crippen LogP contribution in [0, 0.1) is 0 Å². The Morgan fingerprint density at radius 2 is 2.20 bits per heavy atom. The van der Waals surface area contributed by atoms with Gasteiger partial charge in [-0.25, -0.2) is 4.98 Å². The zero-order valence-corrected chi connectivity index (χ0v) is 11.0. The van der Waals surface area contributed by atoms with E-state index in [4.69, 9.17) is 14.2 Å². The number of aliphatic hydroxyl groups is 1. The van der Waals surface area contributed by atoms with Crippen LogP contribution in [0.3, 0.4) is 0 Å². The predicted octanol–water partition coefficient (Wildman–Crippen LogP) is -0.653. The van der Waals surface area contributed by atoms with E-state index in [1.54, 1.807) is 12.1 Å². The Morgan fingerprint density at radius 3 is 2.90 bits per heavy atom. The van der Waals surface area contributed by atoms with Crippen LogP contribution in [0.15, 0.2) is 18.3 Å². The van der Waals surface area contributed by atoms with Crippen LogP contribution in [-0.4, -0.2) is 60.7 Å². The molecule has 2 N–H and O–H groups in total. The molecular weight excluding hydrogens is 264 g/mol. The van der Waals surface area contributed by atoms with Crippen LogP contribution >= 0.6 is 0 Å². The summed E-state index contributed by atoms with van der Waals surface area (Å²) in [7, 11) is 1.51. The largest absolute Gasteiger partial charge is 0.481 e. The molecule has 4 atom stereocenters. The Balaban J connectivity index is 1.64. The van der Waals surface area contributed by atoms with Gasteiger partial charge in [0.1, 0.15) is 18.3 Å². The first-order valence-electron chi connectivity index (χ1n) is 6.41. The Morgan fingerprint density at radius 1 is 1.40 bits per heavy atom. The zero-order chi connectivity index (χ0) is 14.1. The van der Waals surface area contributed by atoms with Crippen LogP contribution < -0.4 is 10.1 Å². The van der Waals surface area contributed by atoms with Crippen molar-refractivity contribution in [3.05, 3.63) is 23.9 Å². The van der Waals surface area contributed by atoms with Gasteiger partial charge in [0, 0.05) is 12.3 Å². The maximum Gasteiger partial charge on any atom is 0.253 e. The van der Waals surface area contributed by atoms with E-state index in [9.17, 15) is 9.90 Å². The molecule has 3 rings (SSSR count). The number of rotatable bonds is 3. The number of ether oxygens (including phenoxy) is 3. The molecule has 2 aliphatic heterocycles. The van der Waals surface area contributed by atoms with E-state index in [0.717, 1.165) is 0 Å². The number of hydrogen-bond donors (Lipinski definition) is 2. The first-order valence-corrected chi connectivity index (χ1v) is 6.41. The van der Waals surface area contributed by atoms with Gasteiger partial charge in [-0.15, -0.1) is 0 Å². The highest BCUT2D eigenvalue weighted by molar-refractivity contribution is 5.94. The van der Waals surface area contributed by atoms with Crippen molar-refractivity contribution in [2.45, 2.75) is 24.4 Å². The molecule has 108 valence electrons. The summed E-state index contributed by atoms with van der Waals surface area (Å²) in [4.78, 5) is 16.1. The second-order valence-corrected chi connectivity index (χ2v) is 4.83. The number of methoxy groups -OCH3 is 1. The van der Waals surface area contributed by atoms with Crippen molar-refractivity contribution < 1.29 is 24.1 Å². The minimum Gasteiger partial charge on any atom is -0.481 e. The number of aliphatic hydroxyl groups excluding tert-OH is 1. The highest BCUT2D eigenvalue weighted by Gasteiger charge is 2.47. The van der Waals surface area contributed by atoms with Crippen molar-refractivity contribution >= 4 is 5.91 Å². The number of carbonyl (C=O) groups excluding carboxylic acids is 1. The van der Waals surface area contributed by atoms with E-state index in [1.165, 1.54) is 13.3 Å². The molecule has 1 aromatic heterocycles. The van der Waals surface area contributed by atoms with Gasteiger partial charge in [-0.05, 0) is 6.07 Å².